The number of nitrogens with zero attached hydrogens (tertiary/aromatic N) is 1. The maximum Gasteiger partial charge on any atom is 0.242 e. The molecule has 0 aromatic rings. The Hall–Kier alpha value is -0.610. The summed E-state index contributed by atoms with van der Waals surface area (Å²) in [5.74, 6) is 0.0786. The summed E-state index contributed by atoms with van der Waals surface area (Å²) in [6.45, 7) is 8.11. The van der Waals surface area contributed by atoms with Gasteiger partial charge in [-0.05, 0) is 26.2 Å². The highest BCUT2D eigenvalue weighted by Crippen LogP contribution is 2.17. The smallest absolute Gasteiger partial charge is 0.242 e. The zero-order valence-corrected chi connectivity index (χ0v) is 10.7. The zero-order valence-electron chi connectivity index (χ0n) is 10.7. The number of ether oxygens (including phenoxy) is 1. The highest BCUT2D eigenvalue weighted by Gasteiger charge is 2.34. The number of carbonyl (C=O) groups is 1. The van der Waals surface area contributed by atoms with Gasteiger partial charge in [-0.1, -0.05) is 13.8 Å². The van der Waals surface area contributed by atoms with Crippen molar-refractivity contribution in [2.24, 2.45) is 5.73 Å². The number of rotatable bonds is 3. The molecular formula is C12H24N2O2. The lowest BCUT2D eigenvalue weighted by molar-refractivity contribution is -0.138. The number of carbonyl (C=O) groups excluding carboxylic acids is 1. The van der Waals surface area contributed by atoms with E-state index in [0.717, 1.165) is 19.6 Å². The molecule has 0 aliphatic carbocycles. The van der Waals surface area contributed by atoms with Gasteiger partial charge in [0.1, 0.15) is 0 Å². The molecule has 1 fully saturated rings. The molecule has 1 heterocycles. The highest BCUT2D eigenvalue weighted by atomic mass is 16.5. The summed E-state index contributed by atoms with van der Waals surface area (Å²) >= 11 is 0. The van der Waals surface area contributed by atoms with Crippen LogP contribution in [0.1, 0.15) is 40.0 Å². The normalized spacial score (nSPS) is 23.0. The summed E-state index contributed by atoms with van der Waals surface area (Å²) in [6.07, 6.45) is 2.39. The SMILES string of the molecule is CCC(N)(CC)C(=O)N1CCCOC(C)C1. The van der Waals surface area contributed by atoms with Crippen molar-refractivity contribution in [3.8, 4) is 0 Å². The van der Waals surface area contributed by atoms with Crippen molar-refractivity contribution in [2.75, 3.05) is 19.7 Å². The van der Waals surface area contributed by atoms with Crippen LogP contribution in [0.4, 0.5) is 0 Å². The van der Waals surface area contributed by atoms with Crippen molar-refractivity contribution >= 4 is 5.91 Å². The van der Waals surface area contributed by atoms with E-state index in [2.05, 4.69) is 0 Å². The van der Waals surface area contributed by atoms with Crippen LogP contribution >= 0.6 is 0 Å². The lowest BCUT2D eigenvalue weighted by Crippen LogP contribution is -2.55. The van der Waals surface area contributed by atoms with E-state index < -0.39 is 5.54 Å². The summed E-state index contributed by atoms with van der Waals surface area (Å²) in [5.41, 5.74) is 5.44. The molecule has 1 amide bonds. The average molecular weight is 228 g/mol. The third-order valence-corrected chi connectivity index (χ3v) is 3.43. The Labute approximate surface area is 98.1 Å². The fourth-order valence-corrected chi connectivity index (χ4v) is 2.05. The molecule has 1 saturated heterocycles. The number of nitrogens with two attached hydrogens (primary N) is 1. The first-order valence-electron chi connectivity index (χ1n) is 6.23. The van der Waals surface area contributed by atoms with E-state index in [9.17, 15) is 4.79 Å². The second kappa shape index (κ2) is 5.64. The van der Waals surface area contributed by atoms with Gasteiger partial charge in [-0.25, -0.2) is 0 Å². The van der Waals surface area contributed by atoms with E-state index in [0.29, 0.717) is 19.4 Å². The van der Waals surface area contributed by atoms with Crippen molar-refractivity contribution in [1.29, 1.82) is 0 Å². The fourth-order valence-electron chi connectivity index (χ4n) is 2.05. The Morgan fingerprint density at radius 2 is 2.12 bits per heavy atom. The molecule has 0 spiro atoms. The van der Waals surface area contributed by atoms with Crippen LogP contribution in [0.2, 0.25) is 0 Å². The Balaban J connectivity index is 2.71. The number of hydrogen-bond donors (Lipinski definition) is 1. The van der Waals surface area contributed by atoms with Gasteiger partial charge in [-0.3, -0.25) is 4.79 Å². The van der Waals surface area contributed by atoms with Gasteiger partial charge < -0.3 is 15.4 Å². The molecule has 1 atom stereocenters. The summed E-state index contributed by atoms with van der Waals surface area (Å²) in [6, 6.07) is 0. The van der Waals surface area contributed by atoms with Crippen molar-refractivity contribution in [3.05, 3.63) is 0 Å². The minimum absolute atomic E-state index is 0.0786. The second-order valence-corrected chi connectivity index (χ2v) is 4.65. The third kappa shape index (κ3) is 2.95. The first kappa shape index (κ1) is 13.5. The van der Waals surface area contributed by atoms with Gasteiger partial charge in [0.25, 0.3) is 0 Å². The van der Waals surface area contributed by atoms with Crippen LogP contribution in [-0.4, -0.2) is 42.1 Å². The minimum Gasteiger partial charge on any atom is -0.377 e. The standard InChI is InChI=1S/C12H24N2O2/c1-4-12(13,5-2)11(15)14-7-6-8-16-10(3)9-14/h10H,4-9,13H2,1-3H3. The monoisotopic (exact) mass is 228 g/mol. The zero-order chi connectivity index (χ0) is 12.2. The van der Waals surface area contributed by atoms with Crippen LogP contribution < -0.4 is 5.73 Å². The predicted octanol–water partition coefficient (Wildman–Crippen LogP) is 1.14. The maximum absolute atomic E-state index is 12.3. The van der Waals surface area contributed by atoms with Crippen LogP contribution in [-0.2, 0) is 9.53 Å². The highest BCUT2D eigenvalue weighted by molar-refractivity contribution is 5.86. The fraction of sp³-hybridized carbons (Fsp3) is 0.917. The van der Waals surface area contributed by atoms with Gasteiger partial charge >= 0.3 is 0 Å². The van der Waals surface area contributed by atoms with Crippen molar-refractivity contribution in [1.82, 2.24) is 4.90 Å². The van der Waals surface area contributed by atoms with Crippen LogP contribution in [0.25, 0.3) is 0 Å². The third-order valence-electron chi connectivity index (χ3n) is 3.43. The van der Waals surface area contributed by atoms with Crippen LogP contribution in [0, 0.1) is 0 Å². The van der Waals surface area contributed by atoms with Crippen molar-refractivity contribution in [3.63, 3.8) is 0 Å². The van der Waals surface area contributed by atoms with Crippen LogP contribution in [0.15, 0.2) is 0 Å². The summed E-state index contributed by atoms with van der Waals surface area (Å²) < 4.78 is 5.53. The molecule has 0 saturated carbocycles. The lowest BCUT2D eigenvalue weighted by atomic mass is 9.92. The Bertz CT molecular complexity index is 239. The van der Waals surface area contributed by atoms with Gasteiger partial charge in [0, 0.05) is 19.7 Å². The molecule has 1 aliphatic rings. The molecule has 1 aliphatic heterocycles. The lowest BCUT2D eigenvalue weighted by Gasteiger charge is -2.33. The molecule has 4 nitrogen and oxygen atoms in total. The van der Waals surface area contributed by atoms with Gasteiger partial charge in [0.15, 0.2) is 0 Å². The molecule has 1 rings (SSSR count). The van der Waals surface area contributed by atoms with E-state index in [1.807, 2.05) is 25.7 Å². The molecule has 2 N–H and O–H groups in total. The molecule has 0 radical (unpaired) electrons. The first-order chi connectivity index (χ1) is 7.53. The van der Waals surface area contributed by atoms with E-state index in [1.165, 1.54) is 0 Å². The van der Waals surface area contributed by atoms with E-state index in [4.69, 9.17) is 10.5 Å². The topological polar surface area (TPSA) is 55.6 Å². The Kier molecular flexibility index (Phi) is 4.74. The summed E-state index contributed by atoms with van der Waals surface area (Å²) in [4.78, 5) is 14.2. The predicted molar refractivity (Wildman–Crippen MR) is 64.1 cm³/mol. The van der Waals surface area contributed by atoms with Gasteiger partial charge in [-0.2, -0.15) is 0 Å². The van der Waals surface area contributed by atoms with Gasteiger partial charge in [0.2, 0.25) is 5.91 Å². The Morgan fingerprint density at radius 3 is 2.69 bits per heavy atom. The molecule has 1 unspecified atom stereocenters. The van der Waals surface area contributed by atoms with E-state index in [-0.39, 0.29) is 12.0 Å². The first-order valence-corrected chi connectivity index (χ1v) is 6.23. The van der Waals surface area contributed by atoms with Crippen molar-refractivity contribution < 1.29 is 9.53 Å². The van der Waals surface area contributed by atoms with Gasteiger partial charge in [0.05, 0.1) is 11.6 Å². The second-order valence-electron chi connectivity index (χ2n) is 4.65. The molecule has 4 heteroatoms. The molecule has 0 aromatic heterocycles. The molecule has 0 bridgehead atoms. The maximum atomic E-state index is 12.3. The Morgan fingerprint density at radius 1 is 1.50 bits per heavy atom. The molecule has 0 aromatic carbocycles. The molecule has 16 heavy (non-hydrogen) atoms. The average Bonchev–Trinajstić information content (AvgIpc) is 2.51. The van der Waals surface area contributed by atoms with Crippen LogP contribution in [0.3, 0.4) is 0 Å². The van der Waals surface area contributed by atoms with E-state index in [1.54, 1.807) is 0 Å². The molecule has 94 valence electrons. The minimum atomic E-state index is -0.690. The summed E-state index contributed by atoms with van der Waals surface area (Å²) in [7, 11) is 0. The number of amides is 1. The number of hydrogen-bond acceptors (Lipinski definition) is 3. The van der Waals surface area contributed by atoms with Gasteiger partial charge in [-0.15, -0.1) is 0 Å². The molecular weight excluding hydrogens is 204 g/mol. The van der Waals surface area contributed by atoms with E-state index >= 15 is 0 Å². The van der Waals surface area contributed by atoms with Crippen LogP contribution in [0.5, 0.6) is 0 Å². The van der Waals surface area contributed by atoms with Crippen molar-refractivity contribution in [2.45, 2.75) is 51.7 Å². The quantitative estimate of drug-likeness (QED) is 0.788. The summed E-state index contributed by atoms with van der Waals surface area (Å²) in [5, 5.41) is 0. The largest absolute Gasteiger partial charge is 0.377 e.